The van der Waals surface area contributed by atoms with Crippen LogP contribution in [0.4, 0.5) is 0 Å². The summed E-state index contributed by atoms with van der Waals surface area (Å²) in [5.41, 5.74) is 3.14. The van der Waals surface area contributed by atoms with Gasteiger partial charge in [-0.1, -0.05) is 41.6 Å². The Labute approximate surface area is 211 Å². The second-order valence-electron chi connectivity index (χ2n) is 7.51. The van der Waals surface area contributed by atoms with Crippen LogP contribution in [0.5, 0.6) is 11.5 Å². The lowest BCUT2D eigenvalue weighted by molar-refractivity contribution is -0.120. The minimum atomic E-state index is -0.318. The summed E-state index contributed by atoms with van der Waals surface area (Å²) >= 11 is 9.05. The third-order valence-electron chi connectivity index (χ3n) is 5.31. The van der Waals surface area contributed by atoms with Crippen LogP contribution in [-0.4, -0.2) is 41.9 Å². The molecule has 0 bridgehead atoms. The van der Waals surface area contributed by atoms with Crippen LogP contribution in [-0.2, 0) is 11.2 Å². The number of thioether (sulfide) groups is 1. The molecule has 0 saturated carbocycles. The maximum Gasteiger partial charge on any atom is 0.233 e. The first kappa shape index (κ1) is 24.3. The van der Waals surface area contributed by atoms with Gasteiger partial charge in [-0.25, -0.2) is 9.97 Å². The van der Waals surface area contributed by atoms with Gasteiger partial charge in [0.25, 0.3) is 0 Å². The number of nitrogens with one attached hydrogen (secondary N) is 1. The molecule has 1 N–H and O–H groups in total. The summed E-state index contributed by atoms with van der Waals surface area (Å²) in [6.45, 7) is 2.41. The minimum Gasteiger partial charge on any atom is -0.493 e. The lowest BCUT2D eigenvalue weighted by Gasteiger charge is -2.13. The first-order valence-electron chi connectivity index (χ1n) is 10.6. The number of hydrogen-bond donors (Lipinski definition) is 1. The number of thiophene rings is 1. The number of fused-ring (bicyclic) bond motifs is 1. The maximum atomic E-state index is 12.8. The van der Waals surface area contributed by atoms with E-state index < -0.39 is 0 Å². The normalized spacial score (nSPS) is 11.9. The van der Waals surface area contributed by atoms with Gasteiger partial charge in [0.2, 0.25) is 5.91 Å². The molecule has 0 saturated heterocycles. The summed E-state index contributed by atoms with van der Waals surface area (Å²) in [6.07, 6.45) is 2.24. The number of halogens is 1. The quantitative estimate of drug-likeness (QED) is 0.223. The van der Waals surface area contributed by atoms with Crippen molar-refractivity contribution in [2.75, 3.05) is 20.8 Å². The van der Waals surface area contributed by atoms with Gasteiger partial charge in [-0.2, -0.15) is 0 Å². The van der Waals surface area contributed by atoms with Gasteiger partial charge >= 0.3 is 0 Å². The Morgan fingerprint density at radius 1 is 1.12 bits per heavy atom. The van der Waals surface area contributed by atoms with E-state index in [-0.39, 0.29) is 11.2 Å². The number of hydrogen-bond acceptors (Lipinski definition) is 7. The van der Waals surface area contributed by atoms with Gasteiger partial charge in [0, 0.05) is 22.5 Å². The monoisotopic (exact) mass is 513 g/mol. The Morgan fingerprint density at radius 2 is 1.88 bits per heavy atom. The Hall–Kier alpha value is -2.81. The summed E-state index contributed by atoms with van der Waals surface area (Å²) in [7, 11) is 3.22. The number of nitrogens with zero attached hydrogens (tertiary/aromatic N) is 2. The number of aromatic nitrogens is 2. The van der Waals surface area contributed by atoms with E-state index >= 15 is 0 Å². The predicted octanol–water partition coefficient (Wildman–Crippen LogP) is 5.87. The van der Waals surface area contributed by atoms with E-state index in [1.54, 1.807) is 31.9 Å². The highest BCUT2D eigenvalue weighted by Gasteiger charge is 2.20. The van der Waals surface area contributed by atoms with Crippen LogP contribution >= 0.6 is 34.7 Å². The molecule has 176 valence electrons. The lowest BCUT2D eigenvalue weighted by Crippen LogP contribution is -2.32. The van der Waals surface area contributed by atoms with Gasteiger partial charge in [-0.3, -0.25) is 4.79 Å². The van der Waals surface area contributed by atoms with E-state index in [4.69, 9.17) is 21.1 Å². The van der Waals surface area contributed by atoms with Gasteiger partial charge in [-0.15, -0.1) is 11.3 Å². The summed E-state index contributed by atoms with van der Waals surface area (Å²) in [4.78, 5) is 22.6. The van der Waals surface area contributed by atoms with Gasteiger partial charge in [-0.05, 0) is 48.7 Å². The van der Waals surface area contributed by atoms with Crippen LogP contribution in [0, 0.1) is 0 Å². The molecule has 2 heterocycles. The predicted molar refractivity (Wildman–Crippen MR) is 139 cm³/mol. The number of amides is 1. The van der Waals surface area contributed by atoms with Crippen LogP contribution in [0.25, 0.3) is 21.3 Å². The molecule has 1 atom stereocenters. The zero-order valence-electron chi connectivity index (χ0n) is 19.0. The number of rotatable bonds is 9. The fourth-order valence-corrected chi connectivity index (χ4v) is 5.57. The molecule has 0 spiro atoms. The van der Waals surface area contributed by atoms with Gasteiger partial charge in [0.15, 0.2) is 11.5 Å². The van der Waals surface area contributed by atoms with E-state index in [9.17, 15) is 4.79 Å². The molecule has 9 heteroatoms. The van der Waals surface area contributed by atoms with Crippen molar-refractivity contribution in [1.82, 2.24) is 15.3 Å². The average molecular weight is 514 g/mol. The zero-order chi connectivity index (χ0) is 24.1. The Kier molecular flexibility index (Phi) is 7.92. The van der Waals surface area contributed by atoms with Gasteiger partial charge in [0.05, 0.1) is 24.9 Å². The van der Waals surface area contributed by atoms with E-state index in [0.29, 0.717) is 29.5 Å². The van der Waals surface area contributed by atoms with Crippen molar-refractivity contribution in [2.45, 2.75) is 23.6 Å². The maximum absolute atomic E-state index is 12.8. The number of ether oxygens (including phenoxy) is 2. The minimum absolute atomic E-state index is 0.0412. The molecular weight excluding hydrogens is 490 g/mol. The SMILES string of the molecule is COc1ccc(CCNC(=O)C(C)Sc2ncnc3scc(-c4ccc(Cl)cc4)c23)cc1OC. The summed E-state index contributed by atoms with van der Waals surface area (Å²) < 4.78 is 10.6. The molecule has 4 aromatic rings. The first-order chi connectivity index (χ1) is 16.5. The molecule has 0 aliphatic carbocycles. The Bertz CT molecular complexity index is 1290. The zero-order valence-corrected chi connectivity index (χ0v) is 21.4. The van der Waals surface area contributed by atoms with Gasteiger partial charge in [0.1, 0.15) is 16.2 Å². The molecule has 4 rings (SSSR count). The topological polar surface area (TPSA) is 73.3 Å². The molecule has 1 unspecified atom stereocenters. The molecule has 2 aromatic carbocycles. The molecule has 1 amide bonds. The molecule has 0 radical (unpaired) electrons. The molecule has 2 aromatic heterocycles. The lowest BCUT2D eigenvalue weighted by atomic mass is 10.1. The fraction of sp³-hybridized carbons (Fsp3) is 0.240. The van der Waals surface area contributed by atoms with Crippen LogP contribution in [0.3, 0.4) is 0 Å². The van der Waals surface area contributed by atoms with Crippen molar-refractivity contribution in [3.8, 4) is 22.6 Å². The summed E-state index contributed by atoms with van der Waals surface area (Å²) in [5.74, 6) is 1.32. The average Bonchev–Trinajstić information content (AvgIpc) is 3.29. The van der Waals surface area contributed by atoms with E-state index in [1.807, 2.05) is 49.4 Å². The van der Waals surface area contributed by atoms with Crippen molar-refractivity contribution in [3.05, 3.63) is 64.8 Å². The van der Waals surface area contributed by atoms with E-state index in [0.717, 1.165) is 31.9 Å². The number of carbonyl (C=O) groups excluding carboxylic acids is 1. The van der Waals surface area contributed by atoms with Crippen molar-refractivity contribution in [3.63, 3.8) is 0 Å². The standard InChI is InChI=1S/C25H24ClN3O3S2/c1-15(23(30)27-11-10-16-4-9-20(31-2)21(12-16)32-3)34-25-22-19(13-33-24(22)28-14-29-25)17-5-7-18(26)8-6-17/h4-9,12-15H,10-11H2,1-3H3,(H,27,30). The second-order valence-corrected chi connectivity index (χ2v) is 10.1. The van der Waals surface area contributed by atoms with E-state index in [2.05, 4.69) is 20.7 Å². The van der Waals surface area contributed by atoms with Crippen molar-refractivity contribution >= 4 is 50.8 Å². The summed E-state index contributed by atoms with van der Waals surface area (Å²) in [5, 5.41) is 7.22. The number of methoxy groups -OCH3 is 2. The molecular formula is C25H24ClN3O3S2. The third kappa shape index (κ3) is 5.46. The molecule has 0 fully saturated rings. The third-order valence-corrected chi connectivity index (χ3v) is 7.55. The fourth-order valence-electron chi connectivity index (χ4n) is 3.51. The Balaban J connectivity index is 1.43. The molecule has 0 aliphatic heterocycles. The molecule has 6 nitrogen and oxygen atoms in total. The Morgan fingerprint density at radius 3 is 2.62 bits per heavy atom. The highest BCUT2D eigenvalue weighted by atomic mass is 35.5. The smallest absolute Gasteiger partial charge is 0.233 e. The highest BCUT2D eigenvalue weighted by molar-refractivity contribution is 8.00. The van der Waals surface area contributed by atoms with Gasteiger partial charge < -0.3 is 14.8 Å². The van der Waals surface area contributed by atoms with E-state index in [1.165, 1.54) is 11.8 Å². The number of benzene rings is 2. The first-order valence-corrected chi connectivity index (χ1v) is 12.8. The number of carbonyl (C=O) groups is 1. The van der Waals surface area contributed by atoms with Crippen LogP contribution < -0.4 is 14.8 Å². The molecule has 0 aliphatic rings. The highest BCUT2D eigenvalue weighted by Crippen LogP contribution is 2.39. The van der Waals surface area contributed by atoms with Crippen molar-refractivity contribution in [1.29, 1.82) is 0 Å². The second kappa shape index (κ2) is 11.1. The van der Waals surface area contributed by atoms with Crippen molar-refractivity contribution in [2.24, 2.45) is 0 Å². The van der Waals surface area contributed by atoms with Crippen molar-refractivity contribution < 1.29 is 14.3 Å². The van der Waals surface area contributed by atoms with Crippen LogP contribution in [0.1, 0.15) is 12.5 Å². The van der Waals surface area contributed by atoms with Crippen LogP contribution in [0.15, 0.2) is 59.2 Å². The summed E-state index contributed by atoms with van der Waals surface area (Å²) in [6, 6.07) is 13.5. The largest absolute Gasteiger partial charge is 0.493 e. The van der Waals surface area contributed by atoms with Crippen LogP contribution in [0.2, 0.25) is 5.02 Å². The molecule has 34 heavy (non-hydrogen) atoms.